The van der Waals surface area contributed by atoms with E-state index < -0.39 is 0 Å². The molecule has 4 rings (SSSR count). The summed E-state index contributed by atoms with van der Waals surface area (Å²) in [7, 11) is 0. The van der Waals surface area contributed by atoms with E-state index in [1.165, 1.54) is 41.7 Å². The molecule has 1 aromatic heterocycles. The lowest BCUT2D eigenvalue weighted by Crippen LogP contribution is -3.11. The molecule has 1 aliphatic carbocycles. The summed E-state index contributed by atoms with van der Waals surface area (Å²) in [5, 5.41) is 3.14. The summed E-state index contributed by atoms with van der Waals surface area (Å²) in [5.41, 5.74) is 4.01. The van der Waals surface area contributed by atoms with Crippen LogP contribution in [-0.2, 0) is 24.1 Å². The van der Waals surface area contributed by atoms with Gasteiger partial charge in [-0.1, -0.05) is 18.2 Å². The van der Waals surface area contributed by atoms with Crippen molar-refractivity contribution < 1.29 is 14.1 Å². The number of rotatable bonds is 6. The van der Waals surface area contributed by atoms with Crippen LogP contribution in [0.1, 0.15) is 47.8 Å². The zero-order valence-corrected chi connectivity index (χ0v) is 14.7. The first-order valence-corrected chi connectivity index (χ1v) is 9.55. The molecule has 2 aliphatic rings. The third-order valence-electron chi connectivity index (χ3n) is 5.66. The van der Waals surface area contributed by atoms with Crippen LogP contribution in [0.5, 0.6) is 0 Å². The number of furan rings is 1. The molecule has 0 saturated carbocycles. The van der Waals surface area contributed by atoms with Crippen molar-refractivity contribution in [1.82, 2.24) is 5.32 Å². The van der Waals surface area contributed by atoms with Gasteiger partial charge in [-0.25, -0.2) is 0 Å². The molecule has 2 N–H and O–H groups in total. The molecule has 0 spiro atoms. The van der Waals surface area contributed by atoms with Crippen LogP contribution in [0.4, 0.5) is 0 Å². The van der Waals surface area contributed by atoms with E-state index in [-0.39, 0.29) is 11.9 Å². The van der Waals surface area contributed by atoms with Gasteiger partial charge < -0.3 is 14.6 Å². The molecule has 1 atom stereocenters. The average molecular weight is 339 g/mol. The highest BCUT2D eigenvalue weighted by Gasteiger charge is 2.29. The van der Waals surface area contributed by atoms with Crippen molar-refractivity contribution in [1.29, 1.82) is 0 Å². The molecule has 2 aromatic rings. The quantitative estimate of drug-likeness (QED) is 0.844. The van der Waals surface area contributed by atoms with Gasteiger partial charge in [-0.3, -0.25) is 4.79 Å². The molecule has 4 heteroatoms. The number of amides is 1. The normalized spacial score (nSPS) is 18.2. The smallest absolute Gasteiger partial charge is 0.224 e. The second-order valence-corrected chi connectivity index (χ2v) is 7.37. The molecule has 1 aromatic carbocycles. The van der Waals surface area contributed by atoms with E-state index in [1.807, 2.05) is 12.1 Å². The molecule has 1 saturated heterocycles. The van der Waals surface area contributed by atoms with Gasteiger partial charge in [0.25, 0.3) is 0 Å². The molecular weight excluding hydrogens is 312 g/mol. The molecular formula is C21H27N2O2+. The van der Waals surface area contributed by atoms with Crippen molar-refractivity contribution in [3.8, 4) is 0 Å². The summed E-state index contributed by atoms with van der Waals surface area (Å²) in [4.78, 5) is 14.0. The Labute approximate surface area is 149 Å². The number of hydrogen-bond acceptors (Lipinski definition) is 2. The largest absolute Gasteiger partial charge is 0.463 e. The number of carbonyl (C=O) groups excluding carboxylic acids is 1. The Morgan fingerprint density at radius 3 is 2.76 bits per heavy atom. The van der Waals surface area contributed by atoms with Gasteiger partial charge in [0.1, 0.15) is 0 Å². The molecule has 1 fully saturated rings. The van der Waals surface area contributed by atoms with Crippen LogP contribution in [-0.4, -0.2) is 25.5 Å². The molecule has 132 valence electrons. The number of nitrogens with one attached hydrogen (secondary N) is 2. The van der Waals surface area contributed by atoms with Crippen molar-refractivity contribution in [2.75, 3.05) is 19.6 Å². The van der Waals surface area contributed by atoms with E-state index in [0.717, 1.165) is 30.8 Å². The van der Waals surface area contributed by atoms with Crippen LogP contribution in [0, 0.1) is 0 Å². The van der Waals surface area contributed by atoms with Crippen molar-refractivity contribution >= 4 is 5.91 Å². The van der Waals surface area contributed by atoms with Gasteiger partial charge in [0, 0.05) is 12.8 Å². The van der Waals surface area contributed by atoms with Gasteiger partial charge in [-0.2, -0.15) is 0 Å². The summed E-state index contributed by atoms with van der Waals surface area (Å²) in [6.07, 6.45) is 8.30. The van der Waals surface area contributed by atoms with Crippen LogP contribution < -0.4 is 10.2 Å². The summed E-state index contributed by atoms with van der Waals surface area (Å²) in [5.74, 6) is 1.09. The van der Waals surface area contributed by atoms with Crippen LogP contribution in [0.2, 0.25) is 0 Å². The molecule has 25 heavy (non-hydrogen) atoms. The van der Waals surface area contributed by atoms with E-state index in [0.29, 0.717) is 13.0 Å². The Morgan fingerprint density at radius 2 is 1.96 bits per heavy atom. The number of aryl methyl sites for hydroxylation is 2. The summed E-state index contributed by atoms with van der Waals surface area (Å²) in [6, 6.07) is 10.7. The summed E-state index contributed by atoms with van der Waals surface area (Å²) < 4.78 is 5.64. The number of quaternary nitrogens is 1. The minimum Gasteiger partial charge on any atom is -0.463 e. The minimum absolute atomic E-state index is 0.105. The zero-order chi connectivity index (χ0) is 17.1. The van der Waals surface area contributed by atoms with Crippen LogP contribution in [0.3, 0.4) is 0 Å². The van der Waals surface area contributed by atoms with Gasteiger partial charge in [-0.05, 0) is 48.1 Å². The third-order valence-corrected chi connectivity index (χ3v) is 5.66. The van der Waals surface area contributed by atoms with Crippen molar-refractivity contribution in [3.05, 3.63) is 59.0 Å². The Balaban J connectivity index is 1.36. The highest BCUT2D eigenvalue weighted by molar-refractivity contribution is 5.78. The highest BCUT2D eigenvalue weighted by atomic mass is 16.3. The lowest BCUT2D eigenvalue weighted by Gasteiger charge is -2.23. The second-order valence-electron chi connectivity index (χ2n) is 7.37. The maximum atomic E-state index is 12.5. The fraction of sp³-hybridized carbons (Fsp3) is 0.476. The predicted octanol–water partition coefficient (Wildman–Crippen LogP) is 1.85. The Bertz CT molecular complexity index is 718. The van der Waals surface area contributed by atoms with Gasteiger partial charge in [0.05, 0.1) is 32.3 Å². The van der Waals surface area contributed by atoms with Crippen molar-refractivity contribution in [3.63, 3.8) is 0 Å². The monoisotopic (exact) mass is 339 g/mol. The van der Waals surface area contributed by atoms with Crippen LogP contribution in [0.15, 0.2) is 41.0 Å². The SMILES string of the molecule is O=C(Cc1ccc2c(c1)CCC2)NC[C@@H](c1ccco1)[NH+]1CCCC1. The highest BCUT2D eigenvalue weighted by Crippen LogP contribution is 2.23. The zero-order valence-electron chi connectivity index (χ0n) is 14.7. The van der Waals surface area contributed by atoms with Gasteiger partial charge in [0.2, 0.25) is 5.91 Å². The fourth-order valence-electron chi connectivity index (χ4n) is 4.31. The van der Waals surface area contributed by atoms with Crippen LogP contribution >= 0.6 is 0 Å². The number of hydrogen-bond donors (Lipinski definition) is 2. The van der Waals surface area contributed by atoms with Crippen molar-refractivity contribution in [2.45, 2.75) is 44.6 Å². The lowest BCUT2D eigenvalue weighted by molar-refractivity contribution is -0.919. The molecule has 2 heterocycles. The Kier molecular flexibility index (Phi) is 4.88. The maximum Gasteiger partial charge on any atom is 0.224 e. The maximum absolute atomic E-state index is 12.5. The summed E-state index contributed by atoms with van der Waals surface area (Å²) >= 11 is 0. The number of benzene rings is 1. The topological polar surface area (TPSA) is 46.7 Å². The average Bonchev–Trinajstić information content (AvgIpc) is 3.37. The lowest BCUT2D eigenvalue weighted by atomic mass is 10.0. The molecule has 1 amide bonds. The van der Waals surface area contributed by atoms with E-state index in [4.69, 9.17) is 4.42 Å². The first-order valence-electron chi connectivity index (χ1n) is 9.55. The molecule has 1 aliphatic heterocycles. The molecule has 0 unspecified atom stereocenters. The number of likely N-dealkylation sites (tertiary alicyclic amines) is 1. The van der Waals surface area contributed by atoms with Crippen LogP contribution in [0.25, 0.3) is 0 Å². The predicted molar refractivity (Wildman–Crippen MR) is 96.6 cm³/mol. The minimum atomic E-state index is 0.105. The number of carbonyl (C=O) groups is 1. The van der Waals surface area contributed by atoms with Gasteiger partial charge >= 0.3 is 0 Å². The van der Waals surface area contributed by atoms with E-state index in [1.54, 1.807) is 6.26 Å². The second kappa shape index (κ2) is 7.44. The van der Waals surface area contributed by atoms with Gasteiger partial charge in [-0.15, -0.1) is 0 Å². The van der Waals surface area contributed by atoms with E-state index >= 15 is 0 Å². The number of fused-ring (bicyclic) bond motifs is 1. The molecule has 4 nitrogen and oxygen atoms in total. The molecule has 0 radical (unpaired) electrons. The standard InChI is InChI=1S/C21H26N2O2/c24-21(14-16-8-9-17-5-3-6-18(17)13-16)22-15-19(20-7-4-12-25-20)23-10-1-2-11-23/h4,7-9,12-13,19H,1-3,5-6,10-11,14-15H2,(H,22,24)/p+1/t19-/m0/s1. The van der Waals surface area contributed by atoms with Crippen molar-refractivity contribution in [2.24, 2.45) is 0 Å². The summed E-state index contributed by atoms with van der Waals surface area (Å²) in [6.45, 7) is 2.96. The van der Waals surface area contributed by atoms with E-state index in [2.05, 4.69) is 23.5 Å². The Hall–Kier alpha value is -2.07. The first-order chi connectivity index (χ1) is 12.3. The first kappa shape index (κ1) is 16.4. The fourth-order valence-corrected chi connectivity index (χ4v) is 4.31. The third kappa shape index (κ3) is 3.79. The van der Waals surface area contributed by atoms with Gasteiger partial charge in [0.15, 0.2) is 11.8 Å². The Morgan fingerprint density at radius 1 is 1.12 bits per heavy atom. The van der Waals surface area contributed by atoms with E-state index in [9.17, 15) is 4.79 Å². The molecule has 0 bridgehead atoms.